The fraction of sp³-hybridized carbons (Fsp3) is 0.222. The highest BCUT2D eigenvalue weighted by Crippen LogP contribution is 2.01. The predicted octanol–water partition coefficient (Wildman–Crippen LogP) is 1.04. The van der Waals surface area contributed by atoms with Crippen molar-refractivity contribution in [3.63, 3.8) is 0 Å². The topological polar surface area (TPSA) is 66.8 Å². The fourth-order valence-corrected chi connectivity index (χ4v) is 0.704. The molecule has 0 aliphatic heterocycles. The van der Waals surface area contributed by atoms with Crippen molar-refractivity contribution in [2.45, 2.75) is 6.23 Å². The van der Waals surface area contributed by atoms with Crippen molar-refractivity contribution in [1.82, 2.24) is 4.90 Å². The number of esters is 1. The molecule has 1 amide bonds. The standard InChI is InChI=1S/C9H12NO4/c1-4-6-10(9(12)13)7(3)14-8(11)5-2/h4-5,7H,1-3,6H2,(H,12,13). The first-order chi connectivity index (χ1) is 6.52. The summed E-state index contributed by atoms with van der Waals surface area (Å²) >= 11 is 0. The minimum absolute atomic E-state index is 0.0356. The number of amides is 1. The number of hydrogen-bond acceptors (Lipinski definition) is 3. The zero-order valence-electron chi connectivity index (χ0n) is 7.68. The number of rotatable bonds is 5. The van der Waals surface area contributed by atoms with Crippen LogP contribution < -0.4 is 0 Å². The maximum Gasteiger partial charge on any atom is 0.410 e. The van der Waals surface area contributed by atoms with Gasteiger partial charge in [0, 0.05) is 19.5 Å². The van der Waals surface area contributed by atoms with Crippen LogP contribution in [0, 0.1) is 6.92 Å². The van der Waals surface area contributed by atoms with Crippen LogP contribution in [0.3, 0.4) is 0 Å². The Morgan fingerprint density at radius 2 is 2.07 bits per heavy atom. The van der Waals surface area contributed by atoms with Gasteiger partial charge in [-0.15, -0.1) is 6.58 Å². The lowest BCUT2D eigenvalue weighted by atomic mass is 10.4. The summed E-state index contributed by atoms with van der Waals surface area (Å²) in [6.45, 7) is 9.95. The van der Waals surface area contributed by atoms with Gasteiger partial charge in [0.2, 0.25) is 0 Å². The molecule has 0 aromatic rings. The minimum Gasteiger partial charge on any atom is -0.465 e. The first kappa shape index (κ1) is 12.2. The maximum atomic E-state index is 10.7. The Balaban J connectivity index is 4.34. The van der Waals surface area contributed by atoms with Gasteiger partial charge in [0.15, 0.2) is 6.23 Å². The SMILES string of the molecule is [CH2]C(OC(=O)C=C)N(CC=C)C(=O)O. The molecule has 0 aliphatic carbocycles. The molecule has 1 N–H and O–H groups in total. The van der Waals surface area contributed by atoms with E-state index in [2.05, 4.69) is 24.8 Å². The van der Waals surface area contributed by atoms with Crippen LogP contribution in [0.1, 0.15) is 0 Å². The van der Waals surface area contributed by atoms with Crippen LogP contribution in [0.2, 0.25) is 0 Å². The Hall–Kier alpha value is -1.78. The van der Waals surface area contributed by atoms with Crippen LogP contribution in [-0.4, -0.2) is 34.8 Å². The lowest BCUT2D eigenvalue weighted by Crippen LogP contribution is -2.40. The van der Waals surface area contributed by atoms with Gasteiger partial charge in [0.1, 0.15) is 0 Å². The molecule has 77 valence electrons. The second kappa shape index (κ2) is 5.80. The van der Waals surface area contributed by atoms with Crippen molar-refractivity contribution < 1.29 is 19.4 Å². The van der Waals surface area contributed by atoms with Gasteiger partial charge in [0.05, 0.1) is 0 Å². The summed E-state index contributed by atoms with van der Waals surface area (Å²) in [4.78, 5) is 22.2. The average Bonchev–Trinajstić information content (AvgIpc) is 2.13. The normalized spacial score (nSPS) is 11.2. The van der Waals surface area contributed by atoms with Crippen LogP contribution in [0.4, 0.5) is 4.79 Å². The zero-order valence-corrected chi connectivity index (χ0v) is 7.68. The van der Waals surface area contributed by atoms with Crippen LogP contribution in [0.15, 0.2) is 25.3 Å². The van der Waals surface area contributed by atoms with E-state index in [1.165, 1.54) is 6.08 Å². The van der Waals surface area contributed by atoms with Gasteiger partial charge in [-0.1, -0.05) is 12.7 Å². The number of carbonyl (C=O) groups excluding carboxylic acids is 1. The van der Waals surface area contributed by atoms with Gasteiger partial charge in [0.25, 0.3) is 0 Å². The van der Waals surface area contributed by atoms with E-state index in [9.17, 15) is 9.59 Å². The summed E-state index contributed by atoms with van der Waals surface area (Å²) < 4.78 is 4.60. The van der Waals surface area contributed by atoms with E-state index >= 15 is 0 Å². The molecule has 0 aliphatic rings. The molecule has 0 heterocycles. The predicted molar refractivity (Wildman–Crippen MR) is 50.4 cm³/mol. The lowest BCUT2D eigenvalue weighted by molar-refractivity contribution is -0.146. The van der Waals surface area contributed by atoms with Crippen molar-refractivity contribution >= 4 is 12.1 Å². The summed E-state index contributed by atoms with van der Waals surface area (Å²) in [5.41, 5.74) is 0. The highest BCUT2D eigenvalue weighted by molar-refractivity contribution is 5.81. The molecule has 5 nitrogen and oxygen atoms in total. The highest BCUT2D eigenvalue weighted by atomic mass is 16.6. The largest absolute Gasteiger partial charge is 0.465 e. The molecule has 0 aromatic heterocycles. The quantitative estimate of drug-likeness (QED) is 0.310. The summed E-state index contributed by atoms with van der Waals surface area (Å²) in [6, 6.07) is 0. The van der Waals surface area contributed by atoms with E-state index in [0.717, 1.165) is 11.0 Å². The Bertz CT molecular complexity index is 249. The van der Waals surface area contributed by atoms with Gasteiger partial charge in [-0.2, -0.15) is 0 Å². The first-order valence-corrected chi connectivity index (χ1v) is 3.79. The third-order valence-electron chi connectivity index (χ3n) is 1.34. The summed E-state index contributed by atoms with van der Waals surface area (Å²) in [7, 11) is 0. The second-order valence-corrected chi connectivity index (χ2v) is 2.32. The van der Waals surface area contributed by atoms with Crippen LogP contribution in [0.5, 0.6) is 0 Å². The summed E-state index contributed by atoms with van der Waals surface area (Å²) in [5, 5.41) is 8.68. The fourth-order valence-electron chi connectivity index (χ4n) is 0.704. The van der Waals surface area contributed by atoms with Gasteiger partial charge in [-0.3, -0.25) is 4.90 Å². The van der Waals surface area contributed by atoms with E-state index in [-0.39, 0.29) is 6.54 Å². The van der Waals surface area contributed by atoms with Crippen LogP contribution in [0.25, 0.3) is 0 Å². The Labute approximate surface area is 82.3 Å². The zero-order chi connectivity index (χ0) is 11.1. The van der Waals surface area contributed by atoms with Crippen molar-refractivity contribution in [3.8, 4) is 0 Å². The third kappa shape index (κ3) is 3.75. The second-order valence-electron chi connectivity index (χ2n) is 2.32. The molecule has 1 atom stereocenters. The molecule has 0 saturated heterocycles. The van der Waals surface area contributed by atoms with E-state index in [1.807, 2.05) is 0 Å². The molecule has 1 radical (unpaired) electrons. The number of carboxylic acid groups (broad SMARTS) is 1. The Kier molecular flexibility index (Phi) is 5.06. The van der Waals surface area contributed by atoms with E-state index < -0.39 is 18.3 Å². The molecule has 0 fully saturated rings. The molecule has 0 bridgehead atoms. The Morgan fingerprint density at radius 1 is 1.50 bits per heavy atom. The van der Waals surface area contributed by atoms with Gasteiger partial charge in [-0.05, 0) is 0 Å². The molecule has 14 heavy (non-hydrogen) atoms. The average molecular weight is 198 g/mol. The van der Waals surface area contributed by atoms with E-state index in [4.69, 9.17) is 5.11 Å². The van der Waals surface area contributed by atoms with Crippen molar-refractivity contribution in [2.75, 3.05) is 6.54 Å². The highest BCUT2D eigenvalue weighted by Gasteiger charge is 2.20. The molecule has 5 heteroatoms. The number of nitrogens with zero attached hydrogens (tertiary/aromatic N) is 1. The first-order valence-electron chi connectivity index (χ1n) is 3.79. The van der Waals surface area contributed by atoms with E-state index in [0.29, 0.717) is 0 Å². The molecular formula is C9H12NO4. The van der Waals surface area contributed by atoms with Crippen molar-refractivity contribution in [2.24, 2.45) is 0 Å². The monoisotopic (exact) mass is 198 g/mol. The molecule has 0 saturated carbocycles. The lowest BCUT2D eigenvalue weighted by Gasteiger charge is -2.23. The van der Waals surface area contributed by atoms with Crippen molar-refractivity contribution in [1.29, 1.82) is 0 Å². The van der Waals surface area contributed by atoms with Gasteiger partial charge < -0.3 is 9.84 Å². The van der Waals surface area contributed by atoms with Gasteiger partial charge in [-0.25, -0.2) is 9.59 Å². The minimum atomic E-state index is -1.23. The van der Waals surface area contributed by atoms with Crippen molar-refractivity contribution in [3.05, 3.63) is 32.2 Å². The summed E-state index contributed by atoms with van der Waals surface area (Å²) in [5.74, 6) is -0.722. The number of hydrogen-bond donors (Lipinski definition) is 1. The number of ether oxygens (including phenoxy) is 1. The maximum absolute atomic E-state index is 10.7. The molecule has 1 unspecified atom stereocenters. The molecule has 0 aromatic carbocycles. The van der Waals surface area contributed by atoms with Crippen LogP contribution >= 0.6 is 0 Å². The molecule has 0 spiro atoms. The smallest absolute Gasteiger partial charge is 0.410 e. The third-order valence-corrected chi connectivity index (χ3v) is 1.34. The van der Waals surface area contributed by atoms with Crippen LogP contribution in [-0.2, 0) is 9.53 Å². The Morgan fingerprint density at radius 3 is 2.43 bits per heavy atom. The van der Waals surface area contributed by atoms with Gasteiger partial charge >= 0.3 is 12.1 Å². The molecular weight excluding hydrogens is 186 g/mol. The number of carbonyl (C=O) groups is 2. The summed E-state index contributed by atoms with van der Waals surface area (Å²) in [6.07, 6.45) is -0.0297. The molecule has 0 rings (SSSR count). The van der Waals surface area contributed by atoms with E-state index in [1.54, 1.807) is 0 Å².